The van der Waals surface area contributed by atoms with Crippen LogP contribution < -0.4 is 10.6 Å². The number of ether oxygens (including phenoxy) is 1. The number of amides is 2. The summed E-state index contributed by atoms with van der Waals surface area (Å²) in [4.78, 5) is 14.3. The third-order valence-corrected chi connectivity index (χ3v) is 4.33. The first-order chi connectivity index (χ1) is 11.3. The minimum absolute atomic E-state index is 0.203. The molecule has 1 saturated heterocycles. The summed E-state index contributed by atoms with van der Waals surface area (Å²) in [6.07, 6.45) is 0. The molecule has 2 amide bonds. The quantitative estimate of drug-likeness (QED) is 0.865. The molecule has 1 unspecified atom stereocenters. The van der Waals surface area contributed by atoms with Crippen molar-refractivity contribution in [2.45, 2.75) is 32.4 Å². The number of nitrogens with one attached hydrogen (secondary N) is 2. The molecule has 1 fully saturated rings. The number of morpholine rings is 1. The molecule has 0 radical (unpaired) electrons. The Kier molecular flexibility index (Phi) is 6.12. The number of carbonyl (C=O) groups is 1. The molecule has 0 spiro atoms. The molecule has 0 bridgehead atoms. The highest BCUT2D eigenvalue weighted by atomic mass is 19.1. The zero-order valence-electron chi connectivity index (χ0n) is 14.4. The van der Waals surface area contributed by atoms with E-state index in [1.807, 2.05) is 0 Å². The molecule has 0 saturated carbocycles. The van der Waals surface area contributed by atoms with E-state index in [-0.39, 0.29) is 17.1 Å². The van der Waals surface area contributed by atoms with E-state index in [9.17, 15) is 13.6 Å². The summed E-state index contributed by atoms with van der Waals surface area (Å²) in [5.74, 6) is -1.31. The Morgan fingerprint density at radius 2 is 2.00 bits per heavy atom. The van der Waals surface area contributed by atoms with Crippen molar-refractivity contribution in [2.24, 2.45) is 0 Å². The maximum Gasteiger partial charge on any atom is 0.315 e. The predicted molar refractivity (Wildman–Crippen MR) is 87.8 cm³/mol. The summed E-state index contributed by atoms with van der Waals surface area (Å²) >= 11 is 0. The second-order valence-electron chi connectivity index (χ2n) is 6.63. The fourth-order valence-corrected chi connectivity index (χ4v) is 2.76. The number of rotatable bonds is 5. The molecular weight excluding hydrogens is 316 g/mol. The number of hydrogen-bond donors (Lipinski definition) is 2. The van der Waals surface area contributed by atoms with Crippen molar-refractivity contribution in [3.8, 4) is 0 Å². The van der Waals surface area contributed by atoms with Crippen LogP contribution in [0.1, 0.15) is 32.4 Å². The summed E-state index contributed by atoms with van der Waals surface area (Å²) in [7, 11) is 0. The highest BCUT2D eigenvalue weighted by Crippen LogP contribution is 2.18. The molecule has 1 aliphatic rings. The third-order valence-electron chi connectivity index (χ3n) is 4.33. The summed E-state index contributed by atoms with van der Waals surface area (Å²) in [6.45, 7) is 9.26. The van der Waals surface area contributed by atoms with Gasteiger partial charge in [-0.15, -0.1) is 0 Å². The average Bonchev–Trinajstić information content (AvgIpc) is 2.54. The molecule has 1 heterocycles. The topological polar surface area (TPSA) is 53.6 Å². The third kappa shape index (κ3) is 4.88. The van der Waals surface area contributed by atoms with Crippen LogP contribution in [0.5, 0.6) is 0 Å². The van der Waals surface area contributed by atoms with Crippen molar-refractivity contribution in [3.05, 3.63) is 35.4 Å². The van der Waals surface area contributed by atoms with Gasteiger partial charge in [0, 0.05) is 36.8 Å². The number of nitrogens with zero attached hydrogens (tertiary/aromatic N) is 1. The highest BCUT2D eigenvalue weighted by Gasteiger charge is 2.28. The van der Waals surface area contributed by atoms with Gasteiger partial charge in [0.25, 0.3) is 0 Å². The Hall–Kier alpha value is -1.73. The number of urea groups is 1. The minimum Gasteiger partial charge on any atom is -0.379 e. The van der Waals surface area contributed by atoms with Crippen LogP contribution in [-0.4, -0.2) is 49.3 Å². The van der Waals surface area contributed by atoms with E-state index >= 15 is 0 Å². The van der Waals surface area contributed by atoms with E-state index < -0.39 is 17.7 Å². The second-order valence-corrected chi connectivity index (χ2v) is 6.63. The average molecular weight is 341 g/mol. The van der Waals surface area contributed by atoms with Crippen LogP contribution >= 0.6 is 0 Å². The van der Waals surface area contributed by atoms with E-state index in [1.165, 1.54) is 12.1 Å². The maximum atomic E-state index is 13.7. The normalized spacial score (nSPS) is 17.4. The van der Waals surface area contributed by atoms with Gasteiger partial charge in [0.05, 0.1) is 19.3 Å². The van der Waals surface area contributed by atoms with Crippen LogP contribution in [-0.2, 0) is 4.74 Å². The van der Waals surface area contributed by atoms with Crippen molar-refractivity contribution in [1.29, 1.82) is 0 Å². The van der Waals surface area contributed by atoms with E-state index in [4.69, 9.17) is 4.74 Å². The number of benzene rings is 1. The summed E-state index contributed by atoms with van der Waals surface area (Å²) in [6, 6.07) is 2.39. The Morgan fingerprint density at radius 1 is 1.33 bits per heavy atom. The first-order valence-electron chi connectivity index (χ1n) is 8.12. The molecule has 1 atom stereocenters. The van der Waals surface area contributed by atoms with Gasteiger partial charge in [-0.1, -0.05) is 6.07 Å². The van der Waals surface area contributed by atoms with Gasteiger partial charge < -0.3 is 15.4 Å². The Labute approximate surface area is 141 Å². The number of halogens is 2. The first kappa shape index (κ1) is 18.6. The SMILES string of the molecule is CC(NC(=O)NCC(C)(C)N1CCOCC1)c1ccc(F)cc1F. The molecule has 2 rings (SSSR count). The molecule has 7 heteroatoms. The molecule has 0 aromatic heterocycles. The largest absolute Gasteiger partial charge is 0.379 e. The lowest BCUT2D eigenvalue weighted by Gasteiger charge is -2.40. The van der Waals surface area contributed by atoms with Crippen molar-refractivity contribution >= 4 is 6.03 Å². The van der Waals surface area contributed by atoms with Crippen molar-refractivity contribution in [1.82, 2.24) is 15.5 Å². The van der Waals surface area contributed by atoms with Gasteiger partial charge in [0.15, 0.2) is 0 Å². The van der Waals surface area contributed by atoms with Gasteiger partial charge >= 0.3 is 6.03 Å². The van der Waals surface area contributed by atoms with Gasteiger partial charge in [0.1, 0.15) is 11.6 Å². The highest BCUT2D eigenvalue weighted by molar-refractivity contribution is 5.74. The fourth-order valence-electron chi connectivity index (χ4n) is 2.76. The van der Waals surface area contributed by atoms with Crippen molar-refractivity contribution in [2.75, 3.05) is 32.8 Å². The van der Waals surface area contributed by atoms with Crippen LogP contribution in [0.2, 0.25) is 0 Å². The van der Waals surface area contributed by atoms with E-state index in [2.05, 4.69) is 29.4 Å². The van der Waals surface area contributed by atoms with Crippen molar-refractivity contribution in [3.63, 3.8) is 0 Å². The summed E-state index contributed by atoms with van der Waals surface area (Å²) < 4.78 is 32.0. The van der Waals surface area contributed by atoms with Crippen LogP contribution in [0.3, 0.4) is 0 Å². The van der Waals surface area contributed by atoms with Gasteiger partial charge in [0.2, 0.25) is 0 Å². The molecule has 5 nitrogen and oxygen atoms in total. The summed E-state index contributed by atoms with van der Waals surface area (Å²) in [5, 5.41) is 5.50. The Morgan fingerprint density at radius 3 is 2.62 bits per heavy atom. The minimum atomic E-state index is -0.670. The lowest BCUT2D eigenvalue weighted by molar-refractivity contribution is -0.00876. The molecule has 2 N–H and O–H groups in total. The Balaban J connectivity index is 1.86. The summed E-state index contributed by atoms with van der Waals surface area (Å²) in [5.41, 5.74) is 0.0462. The van der Waals surface area contributed by atoms with Crippen LogP contribution in [0.25, 0.3) is 0 Å². The monoisotopic (exact) mass is 341 g/mol. The fraction of sp³-hybridized carbons (Fsp3) is 0.588. The lowest BCUT2D eigenvalue weighted by Crippen LogP contribution is -2.56. The molecule has 134 valence electrons. The molecule has 1 aromatic rings. The number of carbonyl (C=O) groups excluding carboxylic acids is 1. The standard InChI is InChI=1S/C17H25F2N3O2/c1-12(14-5-4-13(18)10-15(14)19)21-16(23)20-11-17(2,3)22-6-8-24-9-7-22/h4-5,10,12H,6-9,11H2,1-3H3,(H2,20,21,23). The van der Waals surface area contributed by atoms with E-state index in [1.54, 1.807) is 6.92 Å². The van der Waals surface area contributed by atoms with Crippen LogP contribution in [0, 0.1) is 11.6 Å². The van der Waals surface area contributed by atoms with Gasteiger partial charge in [-0.25, -0.2) is 13.6 Å². The predicted octanol–water partition coefficient (Wildman–Crippen LogP) is 2.44. The smallest absolute Gasteiger partial charge is 0.315 e. The van der Waals surface area contributed by atoms with E-state index in [0.29, 0.717) is 19.8 Å². The number of hydrogen-bond acceptors (Lipinski definition) is 3. The lowest BCUT2D eigenvalue weighted by atomic mass is 10.0. The van der Waals surface area contributed by atoms with Gasteiger partial charge in [-0.2, -0.15) is 0 Å². The Bertz CT molecular complexity index is 575. The zero-order valence-corrected chi connectivity index (χ0v) is 14.4. The maximum absolute atomic E-state index is 13.7. The van der Waals surface area contributed by atoms with Crippen LogP contribution in [0.15, 0.2) is 18.2 Å². The molecule has 0 aliphatic carbocycles. The van der Waals surface area contributed by atoms with Gasteiger partial charge in [-0.3, -0.25) is 4.90 Å². The van der Waals surface area contributed by atoms with E-state index in [0.717, 1.165) is 19.2 Å². The molecule has 1 aliphatic heterocycles. The second kappa shape index (κ2) is 7.90. The van der Waals surface area contributed by atoms with Crippen LogP contribution in [0.4, 0.5) is 13.6 Å². The molecule has 1 aromatic carbocycles. The van der Waals surface area contributed by atoms with Crippen molar-refractivity contribution < 1.29 is 18.3 Å². The first-order valence-corrected chi connectivity index (χ1v) is 8.12. The zero-order chi connectivity index (χ0) is 17.7. The molecular formula is C17H25F2N3O2. The molecule has 24 heavy (non-hydrogen) atoms. The van der Waals surface area contributed by atoms with Gasteiger partial charge in [-0.05, 0) is 26.8 Å².